The van der Waals surface area contributed by atoms with E-state index in [0.29, 0.717) is 18.7 Å². The van der Waals surface area contributed by atoms with Gasteiger partial charge in [-0.15, -0.1) is 0 Å². The highest BCUT2D eigenvalue weighted by Gasteiger charge is 2.30. The predicted octanol–water partition coefficient (Wildman–Crippen LogP) is 2.05. The van der Waals surface area contributed by atoms with E-state index in [0.717, 1.165) is 17.7 Å². The van der Waals surface area contributed by atoms with Crippen molar-refractivity contribution in [2.24, 2.45) is 7.05 Å². The summed E-state index contributed by atoms with van der Waals surface area (Å²) < 4.78 is 1.60. The molecule has 2 N–H and O–H groups in total. The highest BCUT2D eigenvalue weighted by Crippen LogP contribution is 2.21. The molecule has 1 aliphatic rings. The summed E-state index contributed by atoms with van der Waals surface area (Å²) in [5.74, 6) is -0.0774. The highest BCUT2D eigenvalue weighted by molar-refractivity contribution is 6.01. The summed E-state index contributed by atoms with van der Waals surface area (Å²) in [5.41, 5.74) is 2.60. The number of hydrogen-bond acceptors (Lipinski definition) is 3. The minimum atomic E-state index is -0.517. The van der Waals surface area contributed by atoms with E-state index in [1.165, 1.54) is 0 Å². The highest BCUT2D eigenvalue weighted by atomic mass is 16.2. The second-order valence-corrected chi connectivity index (χ2v) is 6.02. The Labute approximate surface area is 140 Å². The van der Waals surface area contributed by atoms with Crippen molar-refractivity contribution in [3.63, 3.8) is 0 Å². The third kappa shape index (κ3) is 3.56. The van der Waals surface area contributed by atoms with E-state index in [2.05, 4.69) is 15.7 Å². The summed E-state index contributed by atoms with van der Waals surface area (Å²) in [6.45, 7) is 2.68. The molecule has 0 radical (unpaired) electrons. The number of rotatable bonds is 3. The maximum absolute atomic E-state index is 12.7. The van der Waals surface area contributed by atoms with Gasteiger partial charge in [-0.05, 0) is 31.9 Å². The quantitative estimate of drug-likeness (QED) is 0.905. The van der Waals surface area contributed by atoms with E-state index in [1.807, 2.05) is 31.2 Å². The number of aryl methyl sites for hydroxylation is 2. The lowest BCUT2D eigenvalue weighted by Crippen LogP contribution is -2.53. The normalized spacial score (nSPS) is 17.7. The number of nitrogens with one attached hydrogen (secondary N) is 2. The van der Waals surface area contributed by atoms with Crippen LogP contribution in [0.2, 0.25) is 0 Å². The number of anilines is 2. The Balaban J connectivity index is 1.64. The molecule has 1 aliphatic heterocycles. The molecule has 0 aliphatic carbocycles. The van der Waals surface area contributed by atoms with Gasteiger partial charge in [-0.2, -0.15) is 5.10 Å². The van der Waals surface area contributed by atoms with Crippen LogP contribution in [0.3, 0.4) is 0 Å². The number of nitrogens with zero attached hydrogens (tertiary/aromatic N) is 3. The summed E-state index contributed by atoms with van der Waals surface area (Å²) >= 11 is 0. The van der Waals surface area contributed by atoms with Crippen LogP contribution in [0.5, 0.6) is 0 Å². The van der Waals surface area contributed by atoms with Crippen molar-refractivity contribution in [3.05, 3.63) is 42.2 Å². The van der Waals surface area contributed by atoms with Crippen LogP contribution in [0.25, 0.3) is 0 Å². The first-order valence-corrected chi connectivity index (χ1v) is 7.97. The Morgan fingerprint density at radius 2 is 2.04 bits per heavy atom. The van der Waals surface area contributed by atoms with Crippen molar-refractivity contribution in [2.75, 3.05) is 16.8 Å². The van der Waals surface area contributed by atoms with Crippen LogP contribution >= 0.6 is 0 Å². The lowest BCUT2D eigenvalue weighted by atomic mass is 10.0. The molecule has 7 nitrogen and oxygen atoms in total. The lowest BCUT2D eigenvalue weighted by molar-refractivity contribution is -0.121. The first-order valence-electron chi connectivity index (χ1n) is 7.97. The summed E-state index contributed by atoms with van der Waals surface area (Å²) in [7, 11) is 1.77. The maximum Gasteiger partial charge on any atom is 0.319 e. The summed E-state index contributed by atoms with van der Waals surface area (Å²) in [6, 6.07) is 6.92. The summed E-state index contributed by atoms with van der Waals surface area (Å²) in [4.78, 5) is 26.5. The van der Waals surface area contributed by atoms with Crippen LogP contribution in [0.15, 0.2) is 36.7 Å². The first kappa shape index (κ1) is 16.0. The van der Waals surface area contributed by atoms with Gasteiger partial charge in [0.1, 0.15) is 6.04 Å². The van der Waals surface area contributed by atoms with Gasteiger partial charge in [0.15, 0.2) is 0 Å². The molecule has 1 aromatic carbocycles. The Morgan fingerprint density at radius 3 is 2.71 bits per heavy atom. The van der Waals surface area contributed by atoms with Gasteiger partial charge in [-0.1, -0.05) is 17.7 Å². The number of carbonyl (C=O) groups is 2. The van der Waals surface area contributed by atoms with Gasteiger partial charge < -0.3 is 15.5 Å². The second-order valence-electron chi connectivity index (χ2n) is 6.02. The zero-order valence-electron chi connectivity index (χ0n) is 13.8. The average Bonchev–Trinajstić information content (AvgIpc) is 2.95. The van der Waals surface area contributed by atoms with Gasteiger partial charge in [-0.3, -0.25) is 9.48 Å². The monoisotopic (exact) mass is 327 g/mol. The number of amides is 3. The number of aromatic nitrogens is 2. The number of benzene rings is 1. The SMILES string of the molecule is Cc1ccc(N2CCC[C@@H](NC(=O)Nc3cnn(C)c3)C2=O)cc1. The van der Waals surface area contributed by atoms with Crippen LogP contribution < -0.4 is 15.5 Å². The molecule has 0 unspecified atom stereocenters. The minimum Gasteiger partial charge on any atom is -0.326 e. The Morgan fingerprint density at radius 1 is 1.29 bits per heavy atom. The molecule has 24 heavy (non-hydrogen) atoms. The molecule has 7 heteroatoms. The Kier molecular flexibility index (Phi) is 4.50. The number of carbonyl (C=O) groups excluding carboxylic acids is 2. The van der Waals surface area contributed by atoms with Crippen LogP contribution in [-0.2, 0) is 11.8 Å². The van der Waals surface area contributed by atoms with E-state index < -0.39 is 12.1 Å². The topological polar surface area (TPSA) is 79.3 Å². The molecule has 2 aromatic rings. The standard InChI is InChI=1S/C17H21N5O2/c1-12-5-7-14(8-6-12)22-9-3-4-15(16(22)23)20-17(24)19-13-10-18-21(2)11-13/h5-8,10-11,15H,3-4,9H2,1-2H3,(H2,19,20,24)/t15-/m1/s1. The lowest BCUT2D eigenvalue weighted by Gasteiger charge is -2.32. The molecule has 0 saturated carbocycles. The van der Waals surface area contributed by atoms with Gasteiger partial charge in [0.05, 0.1) is 11.9 Å². The molecule has 3 rings (SSSR count). The zero-order valence-corrected chi connectivity index (χ0v) is 13.8. The fourth-order valence-corrected chi connectivity index (χ4v) is 2.80. The minimum absolute atomic E-state index is 0.0774. The van der Waals surface area contributed by atoms with E-state index in [9.17, 15) is 9.59 Å². The second kappa shape index (κ2) is 6.74. The molecule has 0 spiro atoms. The first-order chi connectivity index (χ1) is 11.5. The van der Waals surface area contributed by atoms with Gasteiger partial charge in [0, 0.05) is 25.5 Å². The van der Waals surface area contributed by atoms with E-state index >= 15 is 0 Å². The van der Waals surface area contributed by atoms with Gasteiger partial charge in [0.25, 0.3) is 0 Å². The van der Waals surface area contributed by atoms with Gasteiger partial charge in [0.2, 0.25) is 5.91 Å². The van der Waals surface area contributed by atoms with Crippen molar-refractivity contribution in [3.8, 4) is 0 Å². The number of urea groups is 1. The summed E-state index contributed by atoms with van der Waals surface area (Å²) in [5, 5.41) is 9.44. The van der Waals surface area contributed by atoms with Crippen molar-refractivity contribution in [1.29, 1.82) is 0 Å². The third-order valence-electron chi connectivity index (χ3n) is 4.05. The average molecular weight is 327 g/mol. The zero-order chi connectivity index (χ0) is 17.1. The smallest absolute Gasteiger partial charge is 0.319 e. The largest absolute Gasteiger partial charge is 0.326 e. The van der Waals surface area contributed by atoms with Gasteiger partial charge in [-0.25, -0.2) is 4.79 Å². The van der Waals surface area contributed by atoms with Crippen LogP contribution in [0, 0.1) is 6.92 Å². The van der Waals surface area contributed by atoms with Crippen molar-refractivity contribution in [2.45, 2.75) is 25.8 Å². The molecule has 0 bridgehead atoms. The molecule has 126 valence electrons. The molecule has 1 atom stereocenters. The molecule has 1 saturated heterocycles. The Hall–Kier alpha value is -2.83. The van der Waals surface area contributed by atoms with E-state index in [1.54, 1.807) is 29.0 Å². The predicted molar refractivity (Wildman–Crippen MR) is 91.9 cm³/mol. The maximum atomic E-state index is 12.7. The van der Waals surface area contributed by atoms with E-state index in [-0.39, 0.29) is 5.91 Å². The Bertz CT molecular complexity index is 738. The molecule has 3 amide bonds. The molecule has 2 heterocycles. The van der Waals surface area contributed by atoms with Crippen LogP contribution in [-0.4, -0.2) is 34.3 Å². The summed E-state index contributed by atoms with van der Waals surface area (Å²) in [6.07, 6.45) is 4.74. The molecular formula is C17H21N5O2. The van der Waals surface area contributed by atoms with E-state index in [4.69, 9.17) is 0 Å². The molecular weight excluding hydrogens is 306 g/mol. The number of piperidine rings is 1. The van der Waals surface area contributed by atoms with Crippen molar-refractivity contribution < 1.29 is 9.59 Å². The fraction of sp³-hybridized carbons (Fsp3) is 0.353. The van der Waals surface area contributed by atoms with Gasteiger partial charge >= 0.3 is 6.03 Å². The number of hydrogen-bond donors (Lipinski definition) is 2. The van der Waals surface area contributed by atoms with Crippen LogP contribution in [0.1, 0.15) is 18.4 Å². The third-order valence-corrected chi connectivity index (χ3v) is 4.05. The van der Waals surface area contributed by atoms with Crippen LogP contribution in [0.4, 0.5) is 16.2 Å². The van der Waals surface area contributed by atoms with Crippen molar-refractivity contribution >= 4 is 23.3 Å². The molecule has 1 fully saturated rings. The fourth-order valence-electron chi connectivity index (χ4n) is 2.80. The van der Waals surface area contributed by atoms with Crippen molar-refractivity contribution in [1.82, 2.24) is 15.1 Å². The molecule has 1 aromatic heterocycles.